The van der Waals surface area contributed by atoms with Gasteiger partial charge in [0.25, 0.3) is 0 Å². The van der Waals surface area contributed by atoms with E-state index in [0.717, 1.165) is 65.9 Å². The van der Waals surface area contributed by atoms with Crippen molar-refractivity contribution in [2.24, 2.45) is 0 Å². The standard InChI is InChI=1S/C45H27N3O/c1-3-13-30(14-4-1)43-46-44(31-15-5-2-6-16-31)48-45(47-43)37-22-10-18-33-34(19-9-20-35(33)37)36-21-11-23-39-41(36)38-27-26-29-25-24-28-12-7-8-17-32(28)40(29)42(38)49-39/h1-27H. The Hall–Kier alpha value is -6.65. The zero-order valence-electron chi connectivity index (χ0n) is 26.3. The average Bonchev–Trinajstić information content (AvgIpc) is 3.57. The zero-order valence-corrected chi connectivity index (χ0v) is 26.3. The summed E-state index contributed by atoms with van der Waals surface area (Å²) in [7, 11) is 0. The van der Waals surface area contributed by atoms with Crippen LogP contribution in [-0.4, -0.2) is 15.0 Å². The first-order valence-corrected chi connectivity index (χ1v) is 16.5. The van der Waals surface area contributed by atoms with Crippen LogP contribution in [0.4, 0.5) is 0 Å². The van der Waals surface area contributed by atoms with Crippen LogP contribution < -0.4 is 0 Å². The van der Waals surface area contributed by atoms with Crippen LogP contribution in [0.15, 0.2) is 168 Å². The number of hydrogen-bond donors (Lipinski definition) is 0. The van der Waals surface area contributed by atoms with Crippen molar-refractivity contribution in [1.82, 2.24) is 15.0 Å². The van der Waals surface area contributed by atoms with Gasteiger partial charge in [-0.25, -0.2) is 15.0 Å². The Bertz CT molecular complexity index is 2820. The van der Waals surface area contributed by atoms with Gasteiger partial charge >= 0.3 is 0 Å². The SMILES string of the molecule is c1ccc(-c2nc(-c3ccccc3)nc(-c3cccc4c(-c5cccc6oc7c(ccc8ccc9ccccc9c87)c56)cccc34)n2)cc1. The normalized spacial score (nSPS) is 11.7. The van der Waals surface area contributed by atoms with E-state index in [-0.39, 0.29) is 0 Å². The lowest BCUT2D eigenvalue weighted by Crippen LogP contribution is -2.00. The zero-order chi connectivity index (χ0) is 32.3. The van der Waals surface area contributed by atoms with E-state index >= 15 is 0 Å². The second-order valence-corrected chi connectivity index (χ2v) is 12.4. The molecule has 0 aliphatic heterocycles. The lowest BCUT2D eigenvalue weighted by atomic mass is 9.92. The highest BCUT2D eigenvalue weighted by Gasteiger charge is 2.19. The van der Waals surface area contributed by atoms with Crippen molar-refractivity contribution in [2.45, 2.75) is 0 Å². The van der Waals surface area contributed by atoms with Crippen LogP contribution in [0.25, 0.3) is 99.5 Å². The first-order valence-electron chi connectivity index (χ1n) is 16.5. The van der Waals surface area contributed by atoms with Crippen molar-refractivity contribution in [3.8, 4) is 45.3 Å². The Kier molecular flexibility index (Phi) is 6.15. The van der Waals surface area contributed by atoms with E-state index in [9.17, 15) is 0 Å². The van der Waals surface area contributed by atoms with Crippen LogP contribution in [-0.2, 0) is 0 Å². The van der Waals surface area contributed by atoms with Gasteiger partial charge in [0.05, 0.1) is 0 Å². The largest absolute Gasteiger partial charge is 0.455 e. The first kappa shape index (κ1) is 27.5. The molecule has 0 aliphatic carbocycles. The molecule has 0 bridgehead atoms. The molecule has 0 aliphatic rings. The Balaban J connectivity index is 1.21. The van der Waals surface area contributed by atoms with E-state index in [4.69, 9.17) is 19.4 Å². The highest BCUT2D eigenvalue weighted by Crippen LogP contribution is 2.43. The summed E-state index contributed by atoms with van der Waals surface area (Å²) in [5.41, 5.74) is 6.91. The van der Waals surface area contributed by atoms with Crippen LogP contribution in [0.1, 0.15) is 0 Å². The Morgan fingerprint density at radius 3 is 1.63 bits per heavy atom. The van der Waals surface area contributed by atoms with Crippen LogP contribution in [0.3, 0.4) is 0 Å². The predicted octanol–water partition coefficient (Wildman–Crippen LogP) is 11.9. The van der Waals surface area contributed by atoms with E-state index in [1.807, 2.05) is 60.7 Å². The third kappa shape index (κ3) is 4.42. The second-order valence-electron chi connectivity index (χ2n) is 12.4. The molecule has 10 rings (SSSR count). The highest BCUT2D eigenvalue weighted by molar-refractivity contribution is 6.25. The molecule has 8 aromatic carbocycles. The van der Waals surface area contributed by atoms with Gasteiger partial charge in [0.1, 0.15) is 11.2 Å². The molecule has 0 saturated carbocycles. The molecule has 0 amide bonds. The van der Waals surface area contributed by atoms with E-state index in [2.05, 4.69) is 103 Å². The van der Waals surface area contributed by atoms with Crippen molar-refractivity contribution in [3.05, 3.63) is 164 Å². The molecular weight excluding hydrogens is 599 g/mol. The number of rotatable bonds is 4. The Morgan fingerprint density at radius 2 is 0.878 bits per heavy atom. The summed E-state index contributed by atoms with van der Waals surface area (Å²) in [4.78, 5) is 15.0. The van der Waals surface area contributed by atoms with Crippen LogP contribution >= 0.6 is 0 Å². The molecule has 4 nitrogen and oxygen atoms in total. The van der Waals surface area contributed by atoms with Gasteiger partial charge in [-0.1, -0.05) is 152 Å². The number of benzene rings is 8. The predicted molar refractivity (Wildman–Crippen MR) is 201 cm³/mol. The summed E-state index contributed by atoms with van der Waals surface area (Å²) in [5, 5.41) is 9.14. The first-order chi connectivity index (χ1) is 24.3. The summed E-state index contributed by atoms with van der Waals surface area (Å²) in [5.74, 6) is 1.93. The van der Waals surface area contributed by atoms with Crippen molar-refractivity contribution in [2.75, 3.05) is 0 Å². The minimum Gasteiger partial charge on any atom is -0.455 e. The molecule has 0 radical (unpaired) electrons. The molecule has 2 aromatic heterocycles. The van der Waals surface area contributed by atoms with Crippen molar-refractivity contribution in [3.63, 3.8) is 0 Å². The highest BCUT2D eigenvalue weighted by atomic mass is 16.3. The van der Waals surface area contributed by atoms with Crippen molar-refractivity contribution in [1.29, 1.82) is 0 Å². The maximum Gasteiger partial charge on any atom is 0.164 e. The average molecular weight is 626 g/mol. The maximum absolute atomic E-state index is 6.72. The van der Waals surface area contributed by atoms with E-state index < -0.39 is 0 Å². The number of hydrogen-bond acceptors (Lipinski definition) is 4. The van der Waals surface area contributed by atoms with Gasteiger partial charge in [-0.15, -0.1) is 0 Å². The summed E-state index contributed by atoms with van der Waals surface area (Å²) >= 11 is 0. The van der Waals surface area contributed by atoms with Gasteiger partial charge < -0.3 is 4.42 Å². The summed E-state index contributed by atoms with van der Waals surface area (Å²) in [6.07, 6.45) is 0. The molecule has 2 heterocycles. The van der Waals surface area contributed by atoms with Crippen LogP contribution in [0.5, 0.6) is 0 Å². The van der Waals surface area contributed by atoms with Crippen molar-refractivity contribution < 1.29 is 4.42 Å². The minimum absolute atomic E-state index is 0.640. The third-order valence-electron chi connectivity index (χ3n) is 9.52. The van der Waals surface area contributed by atoms with Gasteiger partial charge in [0.2, 0.25) is 0 Å². The number of furan rings is 1. The summed E-state index contributed by atoms with van der Waals surface area (Å²) in [6, 6.07) is 56.8. The van der Waals surface area contributed by atoms with Crippen LogP contribution in [0, 0.1) is 0 Å². The minimum atomic E-state index is 0.640. The number of aromatic nitrogens is 3. The molecular formula is C45H27N3O. The molecule has 0 spiro atoms. The molecule has 228 valence electrons. The second kappa shape index (κ2) is 11.0. The van der Waals surface area contributed by atoms with E-state index in [1.165, 1.54) is 16.2 Å². The molecule has 0 N–H and O–H groups in total. The lowest BCUT2D eigenvalue weighted by molar-refractivity contribution is 0.673. The van der Waals surface area contributed by atoms with Crippen molar-refractivity contribution >= 4 is 54.3 Å². The monoisotopic (exact) mass is 625 g/mol. The molecule has 0 atom stereocenters. The number of fused-ring (bicyclic) bond motifs is 8. The van der Waals surface area contributed by atoms with E-state index in [0.29, 0.717) is 17.5 Å². The molecule has 0 saturated heterocycles. The molecule has 49 heavy (non-hydrogen) atoms. The Labute approximate surface area is 282 Å². The lowest BCUT2D eigenvalue weighted by Gasteiger charge is -2.13. The molecule has 0 fully saturated rings. The van der Waals surface area contributed by atoms with Gasteiger partial charge in [0.15, 0.2) is 17.5 Å². The van der Waals surface area contributed by atoms with Gasteiger partial charge in [-0.2, -0.15) is 0 Å². The maximum atomic E-state index is 6.72. The van der Waals surface area contributed by atoms with E-state index in [1.54, 1.807) is 0 Å². The molecule has 4 heteroatoms. The fourth-order valence-electron chi connectivity index (χ4n) is 7.26. The van der Waals surface area contributed by atoms with Gasteiger partial charge in [-0.3, -0.25) is 0 Å². The quantitative estimate of drug-likeness (QED) is 0.183. The fraction of sp³-hybridized carbons (Fsp3) is 0. The van der Waals surface area contributed by atoms with Crippen LogP contribution in [0.2, 0.25) is 0 Å². The summed E-state index contributed by atoms with van der Waals surface area (Å²) < 4.78 is 6.72. The van der Waals surface area contributed by atoms with Gasteiger partial charge in [-0.05, 0) is 50.2 Å². The molecule has 10 aromatic rings. The smallest absolute Gasteiger partial charge is 0.164 e. The topological polar surface area (TPSA) is 51.8 Å². The summed E-state index contributed by atoms with van der Waals surface area (Å²) in [6.45, 7) is 0. The fourth-order valence-corrected chi connectivity index (χ4v) is 7.26. The molecule has 0 unspecified atom stereocenters. The number of nitrogens with zero attached hydrogens (tertiary/aromatic N) is 3. The van der Waals surface area contributed by atoms with Gasteiger partial charge in [0, 0.05) is 32.8 Å². The Morgan fingerprint density at radius 1 is 0.327 bits per heavy atom. The third-order valence-corrected chi connectivity index (χ3v) is 9.52.